The van der Waals surface area contributed by atoms with Crippen LogP contribution in [0.5, 0.6) is 0 Å². The Morgan fingerprint density at radius 3 is 1.33 bits per heavy atom. The molecule has 0 aliphatic rings. The smallest absolute Gasteiger partial charge is 0.309 e. The van der Waals surface area contributed by atoms with Crippen LogP contribution in [0.15, 0.2) is 12.2 Å². The van der Waals surface area contributed by atoms with E-state index < -0.39 is 11.9 Å². The number of ether oxygens (including phenoxy) is 1. The zero-order valence-electron chi connectivity index (χ0n) is 26.2. The summed E-state index contributed by atoms with van der Waals surface area (Å²) in [4.78, 5) is 23.0. The third-order valence-corrected chi connectivity index (χ3v) is 7.77. The van der Waals surface area contributed by atoms with Gasteiger partial charge in [-0.2, -0.15) is 0 Å². The van der Waals surface area contributed by atoms with E-state index in [9.17, 15) is 9.59 Å². The summed E-state index contributed by atoms with van der Waals surface area (Å²) in [6.07, 6.45) is 38.0. The van der Waals surface area contributed by atoms with Gasteiger partial charge in [-0.15, -0.1) is 0 Å². The maximum Gasteiger partial charge on any atom is 0.309 e. The molecule has 4 nitrogen and oxygen atoms in total. The lowest BCUT2D eigenvalue weighted by atomic mass is 9.97. The minimum Gasteiger partial charge on any atom is -0.481 e. The minimum atomic E-state index is -0.917. The van der Waals surface area contributed by atoms with Crippen LogP contribution in [-0.2, 0) is 14.3 Å². The first-order valence-electron chi connectivity index (χ1n) is 17.1. The van der Waals surface area contributed by atoms with E-state index in [0.29, 0.717) is 13.0 Å². The van der Waals surface area contributed by atoms with Crippen molar-refractivity contribution in [2.45, 2.75) is 187 Å². The Hall–Kier alpha value is -1.32. The predicted octanol–water partition coefficient (Wildman–Crippen LogP) is 11.4. The third-order valence-electron chi connectivity index (χ3n) is 7.77. The Bertz CT molecular complexity index is 557. The molecule has 0 bridgehead atoms. The van der Waals surface area contributed by atoms with E-state index in [1.54, 1.807) is 0 Å². The zero-order valence-corrected chi connectivity index (χ0v) is 26.2. The van der Waals surface area contributed by atoms with E-state index in [0.717, 1.165) is 19.3 Å². The number of esters is 1. The van der Waals surface area contributed by atoms with E-state index in [2.05, 4.69) is 19.1 Å². The van der Waals surface area contributed by atoms with Crippen LogP contribution >= 0.6 is 0 Å². The largest absolute Gasteiger partial charge is 0.481 e. The molecule has 1 atom stereocenters. The SMILES string of the molecule is CCCCCCCCCCCCC/C=C/CCCCCCCCCCCCCC(CC(=O)O)C(=O)OCCC. The predicted molar refractivity (Wildman–Crippen MR) is 167 cm³/mol. The average molecular weight is 551 g/mol. The highest BCUT2D eigenvalue weighted by atomic mass is 16.5. The van der Waals surface area contributed by atoms with Crippen molar-refractivity contribution < 1.29 is 19.4 Å². The van der Waals surface area contributed by atoms with Crippen molar-refractivity contribution in [3.8, 4) is 0 Å². The van der Waals surface area contributed by atoms with E-state index in [4.69, 9.17) is 9.84 Å². The molecule has 0 aliphatic heterocycles. The lowest BCUT2D eigenvalue weighted by molar-refractivity contribution is -0.153. The van der Waals surface area contributed by atoms with Gasteiger partial charge < -0.3 is 9.84 Å². The van der Waals surface area contributed by atoms with E-state index in [1.165, 1.54) is 141 Å². The molecular weight excluding hydrogens is 484 g/mol. The maximum atomic E-state index is 12.0. The number of allylic oxidation sites excluding steroid dienone is 2. The number of carbonyl (C=O) groups excluding carboxylic acids is 1. The van der Waals surface area contributed by atoms with Crippen LogP contribution in [0.3, 0.4) is 0 Å². The zero-order chi connectivity index (χ0) is 28.7. The number of rotatable bonds is 31. The molecule has 0 radical (unpaired) electrons. The van der Waals surface area contributed by atoms with E-state index in [1.807, 2.05) is 6.92 Å². The molecular formula is C35H66O4. The molecule has 1 unspecified atom stereocenters. The van der Waals surface area contributed by atoms with Gasteiger partial charge in [0.15, 0.2) is 0 Å². The fourth-order valence-electron chi connectivity index (χ4n) is 5.24. The summed E-state index contributed by atoms with van der Waals surface area (Å²) in [5.74, 6) is -1.74. The lowest BCUT2D eigenvalue weighted by Gasteiger charge is -2.13. The molecule has 39 heavy (non-hydrogen) atoms. The van der Waals surface area contributed by atoms with Crippen LogP contribution in [-0.4, -0.2) is 23.7 Å². The molecule has 0 heterocycles. The third kappa shape index (κ3) is 29.5. The fraction of sp³-hybridized carbons (Fsp3) is 0.886. The molecule has 0 amide bonds. The highest BCUT2D eigenvalue weighted by Crippen LogP contribution is 2.18. The molecule has 0 spiro atoms. The Labute approximate surface area is 243 Å². The highest BCUT2D eigenvalue weighted by molar-refractivity contribution is 5.79. The summed E-state index contributed by atoms with van der Waals surface area (Å²) in [6.45, 7) is 4.61. The monoisotopic (exact) mass is 550 g/mol. The van der Waals surface area contributed by atoms with Crippen LogP contribution in [0.2, 0.25) is 0 Å². The highest BCUT2D eigenvalue weighted by Gasteiger charge is 2.22. The lowest BCUT2D eigenvalue weighted by Crippen LogP contribution is -2.21. The number of unbranched alkanes of at least 4 members (excludes halogenated alkanes) is 22. The standard InChI is InChI=1S/C35H66O4/c1-3-5-6-7-8-9-10-11-12-13-14-15-16-17-18-19-20-21-22-23-24-25-26-27-28-29-30-33(32-34(36)37)35(38)39-31-4-2/h16-17,33H,3-15,18-32H2,1-2H3,(H,36,37)/b17-16+. The number of hydrogen-bond donors (Lipinski definition) is 1. The number of carbonyl (C=O) groups is 2. The van der Waals surface area contributed by atoms with Crippen molar-refractivity contribution >= 4 is 11.9 Å². The molecule has 0 aromatic rings. The first kappa shape index (κ1) is 37.7. The van der Waals surface area contributed by atoms with Crippen molar-refractivity contribution in [1.29, 1.82) is 0 Å². The second-order valence-corrected chi connectivity index (χ2v) is 11.7. The summed E-state index contributed by atoms with van der Waals surface area (Å²) in [5, 5.41) is 9.04. The number of hydrogen-bond acceptors (Lipinski definition) is 3. The minimum absolute atomic E-state index is 0.113. The Balaban J connectivity index is 3.36. The van der Waals surface area contributed by atoms with Gasteiger partial charge in [-0.05, 0) is 38.5 Å². The van der Waals surface area contributed by atoms with Gasteiger partial charge in [-0.25, -0.2) is 0 Å². The van der Waals surface area contributed by atoms with Gasteiger partial charge in [0.25, 0.3) is 0 Å². The topological polar surface area (TPSA) is 63.6 Å². The molecule has 230 valence electrons. The molecule has 0 saturated heterocycles. The molecule has 4 heteroatoms. The van der Waals surface area contributed by atoms with Gasteiger partial charge in [0.2, 0.25) is 0 Å². The van der Waals surface area contributed by atoms with Crippen molar-refractivity contribution in [3.63, 3.8) is 0 Å². The van der Waals surface area contributed by atoms with Crippen molar-refractivity contribution in [1.82, 2.24) is 0 Å². The van der Waals surface area contributed by atoms with Crippen LogP contribution in [0.1, 0.15) is 187 Å². The van der Waals surface area contributed by atoms with Crippen molar-refractivity contribution in [2.24, 2.45) is 5.92 Å². The van der Waals surface area contributed by atoms with Crippen LogP contribution in [0, 0.1) is 5.92 Å². The molecule has 0 aromatic heterocycles. The van der Waals surface area contributed by atoms with Gasteiger partial charge in [0.1, 0.15) is 0 Å². The Morgan fingerprint density at radius 2 is 0.949 bits per heavy atom. The average Bonchev–Trinajstić information content (AvgIpc) is 2.92. The normalized spacial score (nSPS) is 12.3. The first-order valence-corrected chi connectivity index (χ1v) is 17.1. The summed E-state index contributed by atoms with van der Waals surface area (Å²) < 4.78 is 5.16. The van der Waals surface area contributed by atoms with E-state index >= 15 is 0 Å². The molecule has 0 aliphatic carbocycles. The molecule has 0 saturated carbocycles. The van der Waals surface area contributed by atoms with Crippen molar-refractivity contribution in [2.75, 3.05) is 6.61 Å². The van der Waals surface area contributed by atoms with E-state index in [-0.39, 0.29) is 12.4 Å². The van der Waals surface area contributed by atoms with Gasteiger partial charge in [0.05, 0.1) is 18.9 Å². The number of carboxylic acid groups (broad SMARTS) is 1. The van der Waals surface area contributed by atoms with Crippen LogP contribution in [0.4, 0.5) is 0 Å². The molecule has 0 fully saturated rings. The molecule has 0 aromatic carbocycles. The van der Waals surface area contributed by atoms with Crippen LogP contribution < -0.4 is 0 Å². The molecule has 0 rings (SSSR count). The second-order valence-electron chi connectivity index (χ2n) is 11.7. The maximum absolute atomic E-state index is 12.0. The van der Waals surface area contributed by atoms with Gasteiger partial charge in [-0.1, -0.05) is 154 Å². The quantitative estimate of drug-likeness (QED) is 0.0529. The second kappa shape index (κ2) is 31.2. The summed E-state index contributed by atoms with van der Waals surface area (Å²) in [6, 6.07) is 0. The molecule has 1 N–H and O–H groups in total. The number of aliphatic carboxylic acids is 1. The summed E-state index contributed by atoms with van der Waals surface area (Å²) in [7, 11) is 0. The number of carboxylic acids is 1. The summed E-state index contributed by atoms with van der Waals surface area (Å²) in [5.41, 5.74) is 0. The van der Waals surface area contributed by atoms with Crippen LogP contribution in [0.25, 0.3) is 0 Å². The van der Waals surface area contributed by atoms with Crippen molar-refractivity contribution in [3.05, 3.63) is 12.2 Å². The van der Waals surface area contributed by atoms with Gasteiger partial charge >= 0.3 is 11.9 Å². The van der Waals surface area contributed by atoms with Gasteiger partial charge in [-0.3, -0.25) is 9.59 Å². The summed E-state index contributed by atoms with van der Waals surface area (Å²) >= 11 is 0. The van der Waals surface area contributed by atoms with Gasteiger partial charge in [0, 0.05) is 0 Å². The Morgan fingerprint density at radius 1 is 0.564 bits per heavy atom. The first-order chi connectivity index (χ1) is 19.1. The Kier molecular flexibility index (Phi) is 30.2. The fourth-order valence-corrected chi connectivity index (χ4v) is 5.24.